The molecule has 0 spiro atoms. The average Bonchev–Trinajstić information content (AvgIpc) is 3.34. The smallest absolute Gasteiger partial charge is 0.191 e. The molecule has 0 aromatic carbocycles. The monoisotopic (exact) mass is 494 g/mol. The number of aliphatic imine (C=N–C) groups is 1. The van der Waals surface area contributed by atoms with Crippen LogP contribution in [0.3, 0.4) is 0 Å². The molecule has 1 aliphatic rings. The van der Waals surface area contributed by atoms with Gasteiger partial charge in [-0.2, -0.15) is 0 Å². The first kappa shape index (κ1) is 24.2. The quantitative estimate of drug-likeness (QED) is 0.263. The number of ether oxygens (including phenoxy) is 1. The number of nitrogens with zero attached hydrogens (tertiary/aromatic N) is 2. The van der Waals surface area contributed by atoms with Gasteiger partial charge in [-0.25, -0.2) is 0 Å². The maximum absolute atomic E-state index is 9.37. The molecular weight excluding hydrogens is 459 g/mol. The number of hydrogen-bond acceptors (Lipinski definition) is 5. The molecule has 2 atom stereocenters. The summed E-state index contributed by atoms with van der Waals surface area (Å²) in [5.41, 5.74) is -0.00828. The summed E-state index contributed by atoms with van der Waals surface area (Å²) in [5.74, 6) is 1.72. The Morgan fingerprint density at radius 2 is 2.15 bits per heavy atom. The first-order chi connectivity index (χ1) is 12.7. The van der Waals surface area contributed by atoms with Crippen molar-refractivity contribution in [1.82, 2.24) is 15.5 Å². The highest BCUT2D eigenvalue weighted by molar-refractivity contribution is 14.0. The Balaban J connectivity index is 0.00000364. The molecule has 1 aliphatic heterocycles. The van der Waals surface area contributed by atoms with Crippen molar-refractivity contribution in [3.63, 3.8) is 0 Å². The van der Waals surface area contributed by atoms with Crippen molar-refractivity contribution in [1.29, 1.82) is 0 Å². The van der Waals surface area contributed by atoms with Gasteiger partial charge in [0.2, 0.25) is 0 Å². The van der Waals surface area contributed by atoms with Crippen molar-refractivity contribution in [3.8, 4) is 0 Å². The molecule has 7 nitrogen and oxygen atoms in total. The van der Waals surface area contributed by atoms with Crippen molar-refractivity contribution in [2.45, 2.75) is 32.7 Å². The Bertz CT molecular complexity index is 529. The van der Waals surface area contributed by atoms with E-state index < -0.39 is 0 Å². The Labute approximate surface area is 180 Å². The van der Waals surface area contributed by atoms with Crippen LogP contribution in [0, 0.1) is 5.41 Å². The van der Waals surface area contributed by atoms with Crippen LogP contribution in [0.1, 0.15) is 38.5 Å². The van der Waals surface area contributed by atoms with Gasteiger partial charge in [-0.3, -0.25) is 9.89 Å². The zero-order valence-electron chi connectivity index (χ0n) is 16.7. The summed E-state index contributed by atoms with van der Waals surface area (Å²) in [4.78, 5) is 6.70. The number of hydrogen-bond donors (Lipinski definition) is 3. The molecule has 27 heavy (non-hydrogen) atoms. The van der Waals surface area contributed by atoms with Crippen molar-refractivity contribution in [3.05, 3.63) is 24.2 Å². The number of likely N-dealkylation sites (N-methyl/N-ethyl adjacent to an activating group) is 1. The van der Waals surface area contributed by atoms with Crippen LogP contribution in [-0.4, -0.2) is 69.0 Å². The van der Waals surface area contributed by atoms with Gasteiger partial charge in [0.25, 0.3) is 0 Å². The highest BCUT2D eigenvalue weighted by atomic mass is 127. The minimum Gasteiger partial charge on any atom is -0.468 e. The lowest BCUT2D eigenvalue weighted by atomic mass is 9.84. The van der Waals surface area contributed by atoms with E-state index in [1.54, 1.807) is 13.3 Å². The van der Waals surface area contributed by atoms with E-state index in [9.17, 15) is 5.11 Å². The predicted octanol–water partition coefficient (Wildman–Crippen LogP) is 2.23. The summed E-state index contributed by atoms with van der Waals surface area (Å²) in [6.45, 7) is 9.29. The second-order valence-corrected chi connectivity index (χ2v) is 6.84. The number of nitrogens with one attached hydrogen (secondary N) is 2. The van der Waals surface area contributed by atoms with E-state index in [-0.39, 0.29) is 42.0 Å². The van der Waals surface area contributed by atoms with Gasteiger partial charge in [0.05, 0.1) is 18.9 Å². The van der Waals surface area contributed by atoms with Gasteiger partial charge in [-0.05, 0) is 38.1 Å². The number of aliphatic hydroxyl groups excluding tert-OH is 1. The minimum absolute atomic E-state index is 0. The predicted molar refractivity (Wildman–Crippen MR) is 119 cm³/mol. The van der Waals surface area contributed by atoms with Crippen molar-refractivity contribution < 1.29 is 14.3 Å². The largest absolute Gasteiger partial charge is 0.468 e. The Morgan fingerprint density at radius 3 is 2.67 bits per heavy atom. The van der Waals surface area contributed by atoms with Crippen LogP contribution in [-0.2, 0) is 4.74 Å². The van der Waals surface area contributed by atoms with E-state index in [2.05, 4.69) is 34.4 Å². The lowest BCUT2D eigenvalue weighted by Gasteiger charge is -2.30. The van der Waals surface area contributed by atoms with Crippen LogP contribution in [0.2, 0.25) is 0 Å². The maximum Gasteiger partial charge on any atom is 0.191 e. The van der Waals surface area contributed by atoms with E-state index >= 15 is 0 Å². The second kappa shape index (κ2) is 12.6. The first-order valence-corrected chi connectivity index (χ1v) is 9.58. The van der Waals surface area contributed by atoms with Gasteiger partial charge < -0.3 is 24.9 Å². The lowest BCUT2D eigenvalue weighted by Crippen LogP contribution is -2.47. The molecule has 0 bridgehead atoms. The fourth-order valence-electron chi connectivity index (χ4n) is 3.55. The molecule has 156 valence electrons. The normalized spacial score (nSPS) is 21.1. The molecule has 0 amide bonds. The molecule has 3 N–H and O–H groups in total. The van der Waals surface area contributed by atoms with E-state index in [1.165, 1.54) is 0 Å². The summed E-state index contributed by atoms with van der Waals surface area (Å²) in [7, 11) is 1.78. The molecule has 1 saturated heterocycles. The fraction of sp³-hybridized carbons (Fsp3) is 0.737. The van der Waals surface area contributed by atoms with Gasteiger partial charge in [0.15, 0.2) is 5.96 Å². The molecule has 1 aromatic heterocycles. The van der Waals surface area contributed by atoms with Crippen LogP contribution in [0.15, 0.2) is 27.8 Å². The summed E-state index contributed by atoms with van der Waals surface area (Å²) < 4.78 is 11.2. The van der Waals surface area contributed by atoms with Gasteiger partial charge in [-0.1, -0.05) is 13.8 Å². The molecular formula is C19H35IN4O3. The zero-order chi connectivity index (χ0) is 18.8. The Hall–Kier alpha value is -0.840. The van der Waals surface area contributed by atoms with Crippen LogP contribution < -0.4 is 10.6 Å². The van der Waals surface area contributed by atoms with E-state index in [1.807, 2.05) is 12.1 Å². The summed E-state index contributed by atoms with van der Waals surface area (Å²) in [6, 6.07) is 4.10. The molecule has 1 fully saturated rings. The topological polar surface area (TPSA) is 82.3 Å². The minimum atomic E-state index is -0.00828. The average molecular weight is 494 g/mol. The van der Waals surface area contributed by atoms with Crippen molar-refractivity contribution in [2.75, 3.05) is 53.0 Å². The molecule has 2 rings (SSSR count). The van der Waals surface area contributed by atoms with Crippen molar-refractivity contribution >= 4 is 29.9 Å². The van der Waals surface area contributed by atoms with Crippen LogP contribution in [0.5, 0.6) is 0 Å². The highest BCUT2D eigenvalue weighted by Crippen LogP contribution is 2.31. The molecule has 2 heterocycles. The molecule has 0 aliphatic carbocycles. The van der Waals surface area contributed by atoms with E-state index in [0.717, 1.165) is 50.8 Å². The van der Waals surface area contributed by atoms with Gasteiger partial charge in [-0.15, -0.1) is 24.0 Å². The van der Waals surface area contributed by atoms with Crippen LogP contribution in [0.4, 0.5) is 0 Å². The van der Waals surface area contributed by atoms with Gasteiger partial charge in [0, 0.05) is 38.8 Å². The third-order valence-electron chi connectivity index (χ3n) is 5.27. The van der Waals surface area contributed by atoms with Crippen molar-refractivity contribution in [2.24, 2.45) is 10.4 Å². The maximum atomic E-state index is 9.37. The number of halogens is 1. The number of rotatable bonds is 10. The Kier molecular flexibility index (Phi) is 11.3. The Morgan fingerprint density at radius 1 is 1.37 bits per heavy atom. The molecule has 0 radical (unpaired) electrons. The molecule has 2 unspecified atom stereocenters. The summed E-state index contributed by atoms with van der Waals surface area (Å²) in [5, 5.41) is 16.2. The summed E-state index contributed by atoms with van der Waals surface area (Å²) >= 11 is 0. The van der Waals surface area contributed by atoms with Gasteiger partial charge >= 0.3 is 0 Å². The summed E-state index contributed by atoms with van der Waals surface area (Å²) in [6.07, 6.45) is 3.43. The lowest BCUT2D eigenvalue weighted by molar-refractivity contribution is 0.127. The third kappa shape index (κ3) is 6.92. The van der Waals surface area contributed by atoms with Crippen LogP contribution in [0.25, 0.3) is 0 Å². The third-order valence-corrected chi connectivity index (χ3v) is 5.27. The number of aliphatic hydroxyl groups is 1. The first-order valence-electron chi connectivity index (χ1n) is 9.58. The zero-order valence-corrected chi connectivity index (χ0v) is 19.1. The molecule has 1 aromatic rings. The van der Waals surface area contributed by atoms with E-state index in [4.69, 9.17) is 9.15 Å². The second-order valence-electron chi connectivity index (χ2n) is 6.84. The SMILES string of the molecule is CCN(CC)C(CNC(=NC)NCC1(CCO)CCOC1)c1ccco1.I. The number of guanidine groups is 1. The number of furan rings is 1. The van der Waals surface area contributed by atoms with E-state index in [0.29, 0.717) is 13.2 Å². The molecule has 0 saturated carbocycles. The highest BCUT2D eigenvalue weighted by Gasteiger charge is 2.34. The van der Waals surface area contributed by atoms with Crippen LogP contribution >= 0.6 is 24.0 Å². The fourth-order valence-corrected chi connectivity index (χ4v) is 3.55. The standard InChI is InChI=1S/C19H34N4O3.HI/c1-4-23(5-2)16(17-7-6-11-26-17)13-21-18(20-3)22-14-19(8-10-24)9-12-25-15-19;/h6-7,11,16,24H,4-5,8-10,12-15H2,1-3H3,(H2,20,21,22);1H. The molecule has 8 heteroatoms. The van der Waals surface area contributed by atoms with Gasteiger partial charge in [0.1, 0.15) is 5.76 Å².